The number of nitrogen functional groups attached to an aromatic ring is 1. The molecule has 0 aliphatic carbocycles. The molecule has 0 radical (unpaired) electrons. The third-order valence-corrected chi connectivity index (χ3v) is 2.40. The molecule has 0 aromatic heterocycles. The summed E-state index contributed by atoms with van der Waals surface area (Å²) in [5, 5.41) is 20.1. The number of aliphatic hydroxyl groups is 2. The SMILES string of the molecule is Nc1cccc(CCC(=O)NC(CO)CO)c1. The van der Waals surface area contributed by atoms with E-state index in [0.29, 0.717) is 18.5 Å². The van der Waals surface area contributed by atoms with Crippen LogP contribution in [0.15, 0.2) is 24.3 Å². The summed E-state index contributed by atoms with van der Waals surface area (Å²) in [6.07, 6.45) is 0.889. The number of rotatable bonds is 6. The number of nitrogens with one attached hydrogen (secondary N) is 1. The van der Waals surface area contributed by atoms with Crippen molar-refractivity contribution in [2.45, 2.75) is 18.9 Å². The summed E-state index contributed by atoms with van der Waals surface area (Å²) in [6, 6.07) is 6.77. The first-order valence-corrected chi connectivity index (χ1v) is 5.51. The lowest BCUT2D eigenvalue weighted by Crippen LogP contribution is -2.40. The molecule has 17 heavy (non-hydrogen) atoms. The molecule has 5 N–H and O–H groups in total. The third-order valence-electron chi connectivity index (χ3n) is 2.40. The van der Waals surface area contributed by atoms with Crippen LogP contribution in [0.2, 0.25) is 0 Å². The molecule has 0 unspecified atom stereocenters. The van der Waals surface area contributed by atoms with Gasteiger partial charge in [-0.2, -0.15) is 0 Å². The van der Waals surface area contributed by atoms with Gasteiger partial charge in [0, 0.05) is 12.1 Å². The van der Waals surface area contributed by atoms with Gasteiger partial charge >= 0.3 is 0 Å². The van der Waals surface area contributed by atoms with Crippen molar-refractivity contribution in [2.75, 3.05) is 18.9 Å². The molecule has 1 rings (SSSR count). The Morgan fingerprint density at radius 3 is 2.65 bits per heavy atom. The average Bonchev–Trinajstić information content (AvgIpc) is 2.33. The van der Waals surface area contributed by atoms with Crippen molar-refractivity contribution in [1.29, 1.82) is 0 Å². The molecule has 1 amide bonds. The first kappa shape index (κ1) is 13.5. The third kappa shape index (κ3) is 4.84. The minimum Gasteiger partial charge on any atom is -0.399 e. The van der Waals surface area contributed by atoms with Crippen LogP contribution in [-0.4, -0.2) is 35.4 Å². The van der Waals surface area contributed by atoms with Crippen molar-refractivity contribution >= 4 is 11.6 Å². The first-order valence-electron chi connectivity index (χ1n) is 5.51. The molecule has 0 aliphatic heterocycles. The molecule has 94 valence electrons. The Balaban J connectivity index is 2.38. The maximum Gasteiger partial charge on any atom is 0.220 e. The number of carbonyl (C=O) groups excluding carboxylic acids is 1. The quantitative estimate of drug-likeness (QED) is 0.510. The highest BCUT2D eigenvalue weighted by molar-refractivity contribution is 5.76. The number of hydrogen-bond acceptors (Lipinski definition) is 4. The highest BCUT2D eigenvalue weighted by Crippen LogP contribution is 2.08. The van der Waals surface area contributed by atoms with Gasteiger partial charge in [0.1, 0.15) is 0 Å². The molecule has 5 heteroatoms. The molecule has 0 atom stereocenters. The lowest BCUT2D eigenvalue weighted by Gasteiger charge is -2.13. The Morgan fingerprint density at radius 1 is 1.35 bits per heavy atom. The van der Waals surface area contributed by atoms with Gasteiger partial charge in [0.2, 0.25) is 5.91 Å². The number of benzene rings is 1. The van der Waals surface area contributed by atoms with E-state index in [2.05, 4.69) is 5.32 Å². The molecular formula is C12H18N2O3. The Hall–Kier alpha value is -1.59. The van der Waals surface area contributed by atoms with Gasteiger partial charge in [0.15, 0.2) is 0 Å². The van der Waals surface area contributed by atoms with Crippen LogP contribution in [0.25, 0.3) is 0 Å². The summed E-state index contributed by atoms with van der Waals surface area (Å²) >= 11 is 0. The zero-order valence-corrected chi connectivity index (χ0v) is 9.60. The fourth-order valence-electron chi connectivity index (χ4n) is 1.46. The van der Waals surface area contributed by atoms with E-state index in [0.717, 1.165) is 5.56 Å². The van der Waals surface area contributed by atoms with Crippen molar-refractivity contribution in [3.05, 3.63) is 29.8 Å². The molecule has 1 aromatic carbocycles. The van der Waals surface area contributed by atoms with E-state index in [-0.39, 0.29) is 19.1 Å². The average molecular weight is 238 g/mol. The fourth-order valence-corrected chi connectivity index (χ4v) is 1.46. The van der Waals surface area contributed by atoms with Crippen LogP contribution in [0.3, 0.4) is 0 Å². The van der Waals surface area contributed by atoms with Crippen LogP contribution in [0, 0.1) is 0 Å². The van der Waals surface area contributed by atoms with E-state index in [1.807, 2.05) is 18.2 Å². The Morgan fingerprint density at radius 2 is 2.06 bits per heavy atom. The smallest absolute Gasteiger partial charge is 0.220 e. The van der Waals surface area contributed by atoms with Crippen molar-refractivity contribution in [3.8, 4) is 0 Å². The zero-order valence-electron chi connectivity index (χ0n) is 9.60. The van der Waals surface area contributed by atoms with Crippen molar-refractivity contribution < 1.29 is 15.0 Å². The van der Waals surface area contributed by atoms with Gasteiger partial charge < -0.3 is 21.3 Å². The van der Waals surface area contributed by atoms with E-state index in [1.165, 1.54) is 0 Å². The van der Waals surface area contributed by atoms with Crippen LogP contribution in [-0.2, 0) is 11.2 Å². The van der Waals surface area contributed by atoms with Crippen molar-refractivity contribution in [3.63, 3.8) is 0 Å². The van der Waals surface area contributed by atoms with E-state index in [4.69, 9.17) is 15.9 Å². The Bertz CT molecular complexity index is 365. The second kappa shape index (κ2) is 6.88. The molecule has 0 aliphatic rings. The monoisotopic (exact) mass is 238 g/mol. The number of amides is 1. The van der Waals surface area contributed by atoms with Crippen LogP contribution in [0.5, 0.6) is 0 Å². The number of aryl methyl sites for hydroxylation is 1. The summed E-state index contributed by atoms with van der Waals surface area (Å²) in [7, 11) is 0. The number of anilines is 1. The Labute approximate surface area is 100 Å². The van der Waals surface area contributed by atoms with E-state index in [9.17, 15) is 4.79 Å². The number of nitrogens with two attached hydrogens (primary N) is 1. The molecule has 0 saturated carbocycles. The van der Waals surface area contributed by atoms with Crippen LogP contribution in [0.1, 0.15) is 12.0 Å². The fraction of sp³-hybridized carbons (Fsp3) is 0.417. The number of carbonyl (C=O) groups is 1. The molecule has 5 nitrogen and oxygen atoms in total. The van der Waals surface area contributed by atoms with Gasteiger partial charge in [-0.3, -0.25) is 4.79 Å². The normalized spacial score (nSPS) is 10.5. The Kier molecular flexibility index (Phi) is 5.45. The van der Waals surface area contributed by atoms with Gasteiger partial charge in [-0.05, 0) is 24.1 Å². The molecule has 0 bridgehead atoms. The van der Waals surface area contributed by atoms with Crippen molar-refractivity contribution in [1.82, 2.24) is 5.32 Å². The van der Waals surface area contributed by atoms with Crippen LogP contribution in [0.4, 0.5) is 5.69 Å². The van der Waals surface area contributed by atoms with Crippen molar-refractivity contribution in [2.24, 2.45) is 0 Å². The number of hydrogen-bond donors (Lipinski definition) is 4. The van der Waals surface area contributed by atoms with Gasteiger partial charge in [0.25, 0.3) is 0 Å². The molecular weight excluding hydrogens is 220 g/mol. The predicted molar refractivity (Wildman–Crippen MR) is 65.3 cm³/mol. The van der Waals surface area contributed by atoms with Gasteiger partial charge in [-0.15, -0.1) is 0 Å². The lowest BCUT2D eigenvalue weighted by molar-refractivity contribution is -0.122. The van der Waals surface area contributed by atoms with Gasteiger partial charge in [-0.25, -0.2) is 0 Å². The molecule has 1 aromatic rings. The largest absolute Gasteiger partial charge is 0.399 e. The standard InChI is InChI=1S/C12H18N2O3/c13-10-3-1-2-9(6-10)4-5-12(17)14-11(7-15)8-16/h1-3,6,11,15-16H,4-5,7-8,13H2,(H,14,17). The first-order chi connectivity index (χ1) is 8.15. The maximum absolute atomic E-state index is 11.5. The summed E-state index contributed by atoms with van der Waals surface area (Å²) in [5.41, 5.74) is 7.29. The van der Waals surface area contributed by atoms with Gasteiger partial charge in [-0.1, -0.05) is 12.1 Å². The summed E-state index contributed by atoms with van der Waals surface area (Å²) in [6.45, 7) is -0.527. The maximum atomic E-state index is 11.5. The van der Waals surface area contributed by atoms with Crippen LogP contribution < -0.4 is 11.1 Å². The highest BCUT2D eigenvalue weighted by atomic mass is 16.3. The highest BCUT2D eigenvalue weighted by Gasteiger charge is 2.09. The zero-order chi connectivity index (χ0) is 12.7. The summed E-state index contributed by atoms with van der Waals surface area (Å²) in [5.74, 6) is -0.194. The number of aliphatic hydroxyl groups excluding tert-OH is 2. The minimum atomic E-state index is -0.580. The molecule has 0 fully saturated rings. The molecule has 0 spiro atoms. The summed E-state index contributed by atoms with van der Waals surface area (Å²) < 4.78 is 0. The van der Waals surface area contributed by atoms with E-state index in [1.54, 1.807) is 6.07 Å². The second-order valence-corrected chi connectivity index (χ2v) is 3.87. The predicted octanol–water partition coefficient (Wildman–Crippen LogP) is -0.329. The van der Waals surface area contributed by atoms with Gasteiger partial charge in [0.05, 0.1) is 19.3 Å². The van der Waals surface area contributed by atoms with E-state index < -0.39 is 6.04 Å². The molecule has 0 heterocycles. The van der Waals surface area contributed by atoms with E-state index >= 15 is 0 Å². The molecule has 0 saturated heterocycles. The van der Waals surface area contributed by atoms with Crippen LogP contribution >= 0.6 is 0 Å². The summed E-state index contributed by atoms with van der Waals surface area (Å²) in [4.78, 5) is 11.5. The topological polar surface area (TPSA) is 95.6 Å². The second-order valence-electron chi connectivity index (χ2n) is 3.87. The lowest BCUT2D eigenvalue weighted by atomic mass is 10.1. The minimum absolute atomic E-state index is 0.194.